The fourth-order valence-electron chi connectivity index (χ4n) is 1.54. The minimum absolute atomic E-state index is 0.0656. The first-order chi connectivity index (χ1) is 7.85. The van der Waals surface area contributed by atoms with Gasteiger partial charge in [0.15, 0.2) is 0 Å². The number of benzene rings is 1. The molecule has 1 aromatic carbocycles. The van der Waals surface area contributed by atoms with Crippen molar-refractivity contribution in [3.63, 3.8) is 0 Å². The summed E-state index contributed by atoms with van der Waals surface area (Å²) in [4.78, 5) is 4.36. The van der Waals surface area contributed by atoms with Crippen molar-refractivity contribution in [2.45, 2.75) is 6.61 Å². The molecule has 0 saturated heterocycles. The van der Waals surface area contributed by atoms with E-state index in [0.717, 1.165) is 11.3 Å². The van der Waals surface area contributed by atoms with Crippen LogP contribution >= 0.6 is 0 Å². The lowest BCUT2D eigenvalue weighted by Gasteiger charge is -2.08. The molecule has 0 atom stereocenters. The SMILES string of the molecule is COc1ccc(CO)nc1-c1ccccc1. The third-order valence-corrected chi connectivity index (χ3v) is 2.35. The molecule has 82 valence electrons. The van der Waals surface area contributed by atoms with Crippen LogP contribution in [0.1, 0.15) is 5.69 Å². The molecular formula is C13H13NO2. The van der Waals surface area contributed by atoms with Gasteiger partial charge >= 0.3 is 0 Å². The van der Waals surface area contributed by atoms with E-state index in [1.165, 1.54) is 0 Å². The minimum atomic E-state index is -0.0656. The van der Waals surface area contributed by atoms with Crippen LogP contribution in [-0.2, 0) is 6.61 Å². The zero-order valence-electron chi connectivity index (χ0n) is 9.05. The minimum Gasteiger partial charge on any atom is -0.494 e. The topological polar surface area (TPSA) is 42.4 Å². The number of hydrogen-bond acceptors (Lipinski definition) is 3. The van der Waals surface area contributed by atoms with Crippen LogP contribution in [0, 0.1) is 0 Å². The van der Waals surface area contributed by atoms with Crippen LogP contribution < -0.4 is 4.74 Å². The molecule has 0 amide bonds. The summed E-state index contributed by atoms with van der Waals surface area (Å²) in [5.41, 5.74) is 2.38. The predicted octanol–water partition coefficient (Wildman–Crippen LogP) is 2.25. The maximum Gasteiger partial charge on any atom is 0.145 e. The van der Waals surface area contributed by atoms with E-state index in [1.807, 2.05) is 36.4 Å². The molecule has 3 heteroatoms. The quantitative estimate of drug-likeness (QED) is 0.853. The highest BCUT2D eigenvalue weighted by Gasteiger charge is 2.07. The number of hydrogen-bond donors (Lipinski definition) is 1. The number of rotatable bonds is 3. The van der Waals surface area contributed by atoms with Crippen LogP contribution in [0.25, 0.3) is 11.3 Å². The summed E-state index contributed by atoms with van der Waals surface area (Å²) >= 11 is 0. The number of methoxy groups -OCH3 is 1. The molecular weight excluding hydrogens is 202 g/mol. The monoisotopic (exact) mass is 215 g/mol. The van der Waals surface area contributed by atoms with Crippen molar-refractivity contribution in [3.8, 4) is 17.0 Å². The third-order valence-electron chi connectivity index (χ3n) is 2.35. The highest BCUT2D eigenvalue weighted by molar-refractivity contribution is 5.66. The second-order valence-corrected chi connectivity index (χ2v) is 3.38. The number of ether oxygens (including phenoxy) is 1. The maximum atomic E-state index is 9.07. The predicted molar refractivity (Wildman–Crippen MR) is 62.1 cm³/mol. The third kappa shape index (κ3) is 2.04. The number of aliphatic hydroxyl groups excluding tert-OH is 1. The summed E-state index contributed by atoms with van der Waals surface area (Å²) in [5.74, 6) is 0.711. The van der Waals surface area contributed by atoms with Gasteiger partial charge in [0, 0.05) is 5.56 Å². The lowest BCUT2D eigenvalue weighted by atomic mass is 10.1. The van der Waals surface area contributed by atoms with Crippen LogP contribution in [-0.4, -0.2) is 17.2 Å². The van der Waals surface area contributed by atoms with E-state index in [2.05, 4.69) is 4.98 Å². The molecule has 1 heterocycles. The molecule has 0 saturated carbocycles. The number of pyridine rings is 1. The van der Waals surface area contributed by atoms with Crippen LogP contribution in [0.2, 0.25) is 0 Å². The second-order valence-electron chi connectivity index (χ2n) is 3.38. The smallest absolute Gasteiger partial charge is 0.145 e. The average molecular weight is 215 g/mol. The molecule has 0 aliphatic carbocycles. The van der Waals surface area contributed by atoms with Crippen LogP contribution in [0.4, 0.5) is 0 Å². The van der Waals surface area contributed by atoms with Crippen molar-refractivity contribution >= 4 is 0 Å². The summed E-state index contributed by atoms with van der Waals surface area (Å²) in [6.07, 6.45) is 0. The Morgan fingerprint density at radius 1 is 1.12 bits per heavy atom. The fraction of sp³-hybridized carbons (Fsp3) is 0.154. The summed E-state index contributed by atoms with van der Waals surface area (Å²) in [7, 11) is 1.61. The molecule has 0 spiro atoms. The van der Waals surface area contributed by atoms with Gasteiger partial charge in [0.25, 0.3) is 0 Å². The van der Waals surface area contributed by atoms with E-state index in [-0.39, 0.29) is 6.61 Å². The zero-order chi connectivity index (χ0) is 11.4. The van der Waals surface area contributed by atoms with Gasteiger partial charge < -0.3 is 9.84 Å². The summed E-state index contributed by atoms with van der Waals surface area (Å²) in [5, 5.41) is 9.07. The molecule has 0 radical (unpaired) electrons. The Balaban J connectivity index is 2.53. The Morgan fingerprint density at radius 3 is 2.50 bits per heavy atom. The van der Waals surface area contributed by atoms with Gasteiger partial charge in [-0.15, -0.1) is 0 Å². The summed E-state index contributed by atoms with van der Waals surface area (Å²) in [6.45, 7) is -0.0656. The Labute approximate surface area is 94.3 Å². The number of aliphatic hydroxyl groups is 1. The molecule has 1 N–H and O–H groups in total. The highest BCUT2D eigenvalue weighted by Crippen LogP contribution is 2.27. The Morgan fingerprint density at radius 2 is 1.88 bits per heavy atom. The van der Waals surface area contributed by atoms with E-state index in [4.69, 9.17) is 9.84 Å². The summed E-state index contributed by atoms with van der Waals surface area (Å²) in [6, 6.07) is 13.3. The van der Waals surface area contributed by atoms with Crippen molar-refractivity contribution in [1.82, 2.24) is 4.98 Å². The van der Waals surface area contributed by atoms with Gasteiger partial charge in [-0.05, 0) is 12.1 Å². The van der Waals surface area contributed by atoms with Crippen LogP contribution in [0.15, 0.2) is 42.5 Å². The van der Waals surface area contributed by atoms with Crippen molar-refractivity contribution in [2.75, 3.05) is 7.11 Å². The van der Waals surface area contributed by atoms with Crippen LogP contribution in [0.5, 0.6) is 5.75 Å². The molecule has 0 aliphatic heterocycles. The number of aromatic nitrogens is 1. The lowest BCUT2D eigenvalue weighted by molar-refractivity contribution is 0.276. The van der Waals surface area contributed by atoms with Gasteiger partial charge in [-0.25, -0.2) is 4.98 Å². The lowest BCUT2D eigenvalue weighted by Crippen LogP contribution is -1.95. The molecule has 2 aromatic rings. The van der Waals surface area contributed by atoms with Crippen LogP contribution in [0.3, 0.4) is 0 Å². The molecule has 2 rings (SSSR count). The van der Waals surface area contributed by atoms with Gasteiger partial charge in [-0.2, -0.15) is 0 Å². The van der Waals surface area contributed by atoms with Gasteiger partial charge in [0.05, 0.1) is 19.4 Å². The first-order valence-electron chi connectivity index (χ1n) is 5.05. The Hall–Kier alpha value is -1.87. The Bertz CT molecular complexity index is 469. The van der Waals surface area contributed by atoms with Gasteiger partial charge in [-0.3, -0.25) is 0 Å². The van der Waals surface area contributed by atoms with E-state index < -0.39 is 0 Å². The summed E-state index contributed by atoms with van der Waals surface area (Å²) < 4.78 is 5.26. The van der Waals surface area contributed by atoms with E-state index in [9.17, 15) is 0 Å². The fourth-order valence-corrected chi connectivity index (χ4v) is 1.54. The van der Waals surface area contributed by atoms with E-state index >= 15 is 0 Å². The molecule has 1 aromatic heterocycles. The maximum absolute atomic E-state index is 9.07. The number of nitrogens with zero attached hydrogens (tertiary/aromatic N) is 1. The highest BCUT2D eigenvalue weighted by atomic mass is 16.5. The normalized spacial score (nSPS) is 10.1. The molecule has 16 heavy (non-hydrogen) atoms. The molecule has 3 nitrogen and oxygen atoms in total. The largest absolute Gasteiger partial charge is 0.494 e. The molecule has 0 aliphatic rings. The molecule has 0 bridgehead atoms. The second kappa shape index (κ2) is 4.77. The van der Waals surface area contributed by atoms with Crippen molar-refractivity contribution in [3.05, 3.63) is 48.2 Å². The van der Waals surface area contributed by atoms with Gasteiger partial charge in [-0.1, -0.05) is 30.3 Å². The van der Waals surface area contributed by atoms with Gasteiger partial charge in [0.1, 0.15) is 11.4 Å². The van der Waals surface area contributed by atoms with E-state index in [1.54, 1.807) is 13.2 Å². The van der Waals surface area contributed by atoms with Crippen molar-refractivity contribution < 1.29 is 9.84 Å². The molecule has 0 unspecified atom stereocenters. The van der Waals surface area contributed by atoms with E-state index in [0.29, 0.717) is 11.4 Å². The van der Waals surface area contributed by atoms with Gasteiger partial charge in [0.2, 0.25) is 0 Å². The first-order valence-corrected chi connectivity index (χ1v) is 5.05. The van der Waals surface area contributed by atoms with Crippen molar-refractivity contribution in [1.29, 1.82) is 0 Å². The average Bonchev–Trinajstić information content (AvgIpc) is 2.39. The zero-order valence-corrected chi connectivity index (χ0v) is 9.05. The first kappa shape index (κ1) is 10.6. The molecule has 0 fully saturated rings. The standard InChI is InChI=1S/C13H13NO2/c1-16-12-8-7-11(9-15)14-13(12)10-5-3-2-4-6-10/h2-8,15H,9H2,1H3. The van der Waals surface area contributed by atoms with Crippen molar-refractivity contribution in [2.24, 2.45) is 0 Å². The Kier molecular flexibility index (Phi) is 3.17.